The number of halogens is 1. The number of hydrogen-bond donors (Lipinski definition) is 2. The largest absolute Gasteiger partial charge is 0.469 e. The summed E-state index contributed by atoms with van der Waals surface area (Å²) in [5.74, 6) is 0.418. The second kappa shape index (κ2) is 4.24. The first-order chi connectivity index (χ1) is 9.06. The molecular weight excluding hydrogens is 312 g/mol. The van der Waals surface area contributed by atoms with Crippen molar-refractivity contribution in [2.45, 2.75) is 6.92 Å². The average molecular weight is 321 g/mol. The van der Waals surface area contributed by atoms with Crippen LogP contribution in [0.15, 0.2) is 38.1 Å². The number of imidazole rings is 1. The number of hydrogen-bond acceptors (Lipinski definition) is 3. The van der Waals surface area contributed by atoms with Crippen LogP contribution in [0.3, 0.4) is 0 Å². The Morgan fingerprint density at radius 1 is 1.21 bits per heavy atom. The molecule has 19 heavy (non-hydrogen) atoms. The lowest BCUT2D eigenvalue weighted by Gasteiger charge is -2.03. The standard InChI is InChI=1S/C13H9BrN2O3/c1-6-7(2-3-19-6)12(17)8-4-10-11(5-9(8)14)16-13(18)15-10/h2-5H,1H3,(H2,15,16,18). The lowest BCUT2D eigenvalue weighted by molar-refractivity contribution is 0.103. The molecular formula is C13H9BrN2O3. The predicted octanol–water partition coefficient (Wildman–Crippen LogP) is 2.75. The SMILES string of the molecule is Cc1occc1C(=O)c1cc2[nH]c(=O)[nH]c2cc1Br. The van der Waals surface area contributed by atoms with E-state index in [1.54, 1.807) is 25.1 Å². The molecule has 0 fully saturated rings. The molecule has 0 bridgehead atoms. The van der Waals surface area contributed by atoms with Gasteiger partial charge in [-0.05, 0) is 41.1 Å². The number of fused-ring (bicyclic) bond motifs is 1. The summed E-state index contributed by atoms with van der Waals surface area (Å²) in [6, 6.07) is 4.98. The van der Waals surface area contributed by atoms with E-state index < -0.39 is 0 Å². The van der Waals surface area contributed by atoms with Crippen molar-refractivity contribution in [3.8, 4) is 0 Å². The molecule has 6 heteroatoms. The van der Waals surface area contributed by atoms with Crippen molar-refractivity contribution in [3.63, 3.8) is 0 Å². The summed E-state index contributed by atoms with van der Waals surface area (Å²) in [5, 5.41) is 0. The van der Waals surface area contributed by atoms with Crippen LogP contribution in [0, 0.1) is 6.92 Å². The zero-order valence-electron chi connectivity index (χ0n) is 9.91. The minimum atomic E-state index is -0.300. The molecule has 2 N–H and O–H groups in total. The van der Waals surface area contributed by atoms with Gasteiger partial charge in [0, 0.05) is 10.0 Å². The van der Waals surface area contributed by atoms with E-state index in [0.29, 0.717) is 32.4 Å². The summed E-state index contributed by atoms with van der Waals surface area (Å²) in [6.45, 7) is 1.73. The van der Waals surface area contributed by atoms with Crippen LogP contribution in [0.5, 0.6) is 0 Å². The number of carbonyl (C=O) groups excluding carboxylic acids is 1. The number of nitrogens with one attached hydrogen (secondary N) is 2. The van der Waals surface area contributed by atoms with E-state index in [0.717, 1.165) is 0 Å². The topological polar surface area (TPSA) is 78.9 Å². The molecule has 0 saturated heterocycles. The number of carbonyl (C=O) groups is 1. The number of furan rings is 1. The van der Waals surface area contributed by atoms with E-state index in [-0.39, 0.29) is 11.5 Å². The number of rotatable bonds is 2. The number of aromatic nitrogens is 2. The Labute approximate surface area is 115 Å². The van der Waals surface area contributed by atoms with Gasteiger partial charge in [-0.3, -0.25) is 4.79 Å². The normalized spacial score (nSPS) is 11.1. The van der Waals surface area contributed by atoms with Crippen molar-refractivity contribution < 1.29 is 9.21 Å². The van der Waals surface area contributed by atoms with Crippen LogP contribution in [0.1, 0.15) is 21.7 Å². The first-order valence-corrected chi connectivity index (χ1v) is 6.36. The van der Waals surface area contributed by atoms with Crippen LogP contribution in [-0.2, 0) is 0 Å². The molecule has 96 valence electrons. The molecule has 0 atom stereocenters. The van der Waals surface area contributed by atoms with Gasteiger partial charge in [0.05, 0.1) is 22.9 Å². The fraction of sp³-hybridized carbons (Fsp3) is 0.0769. The number of aromatic amines is 2. The monoisotopic (exact) mass is 320 g/mol. The lowest BCUT2D eigenvalue weighted by Crippen LogP contribution is -2.02. The van der Waals surface area contributed by atoms with Gasteiger partial charge in [-0.1, -0.05) is 0 Å². The maximum Gasteiger partial charge on any atom is 0.323 e. The highest BCUT2D eigenvalue weighted by Gasteiger charge is 2.18. The number of ketones is 1. The Balaban J connectivity index is 2.19. The maximum atomic E-state index is 12.4. The van der Waals surface area contributed by atoms with Crippen molar-refractivity contribution >= 4 is 32.7 Å². The molecule has 1 aromatic carbocycles. The van der Waals surface area contributed by atoms with Gasteiger partial charge in [0.1, 0.15) is 5.76 Å². The second-order valence-corrected chi connectivity index (χ2v) is 5.03. The molecule has 0 aliphatic rings. The number of H-pyrrole nitrogens is 2. The van der Waals surface area contributed by atoms with E-state index in [1.165, 1.54) is 6.26 Å². The molecule has 0 saturated carbocycles. The smallest absolute Gasteiger partial charge is 0.323 e. The highest BCUT2D eigenvalue weighted by molar-refractivity contribution is 9.10. The zero-order chi connectivity index (χ0) is 13.6. The Bertz CT molecular complexity index is 841. The molecule has 2 heterocycles. The highest BCUT2D eigenvalue weighted by Crippen LogP contribution is 2.25. The molecule has 0 aliphatic heterocycles. The van der Waals surface area contributed by atoms with Gasteiger partial charge < -0.3 is 14.4 Å². The molecule has 0 unspecified atom stereocenters. The van der Waals surface area contributed by atoms with Crippen LogP contribution in [-0.4, -0.2) is 15.8 Å². The Hall–Kier alpha value is -2.08. The fourth-order valence-corrected chi connectivity index (χ4v) is 2.52. The zero-order valence-corrected chi connectivity index (χ0v) is 11.5. The summed E-state index contributed by atoms with van der Waals surface area (Å²) in [6.07, 6.45) is 1.48. The van der Waals surface area contributed by atoms with Crippen molar-refractivity contribution in [3.05, 3.63) is 56.3 Å². The van der Waals surface area contributed by atoms with Crippen LogP contribution in [0.4, 0.5) is 0 Å². The quantitative estimate of drug-likeness (QED) is 0.712. The third-order valence-corrected chi connectivity index (χ3v) is 3.61. The predicted molar refractivity (Wildman–Crippen MR) is 73.5 cm³/mol. The highest BCUT2D eigenvalue weighted by atomic mass is 79.9. The lowest BCUT2D eigenvalue weighted by atomic mass is 10.0. The molecule has 0 amide bonds. The first kappa shape index (κ1) is 12.0. The minimum Gasteiger partial charge on any atom is -0.469 e. The van der Waals surface area contributed by atoms with Gasteiger partial charge in [-0.15, -0.1) is 0 Å². The van der Waals surface area contributed by atoms with E-state index in [2.05, 4.69) is 25.9 Å². The molecule has 0 aliphatic carbocycles. The van der Waals surface area contributed by atoms with E-state index in [1.807, 2.05) is 0 Å². The molecule has 3 aromatic rings. The van der Waals surface area contributed by atoms with Crippen LogP contribution in [0.2, 0.25) is 0 Å². The van der Waals surface area contributed by atoms with Crippen molar-refractivity contribution in [2.75, 3.05) is 0 Å². The summed E-state index contributed by atoms with van der Waals surface area (Å²) in [5.41, 5.74) is 1.94. The van der Waals surface area contributed by atoms with Crippen molar-refractivity contribution in [1.29, 1.82) is 0 Å². The number of aryl methyl sites for hydroxylation is 1. The first-order valence-electron chi connectivity index (χ1n) is 5.56. The summed E-state index contributed by atoms with van der Waals surface area (Å²) in [4.78, 5) is 28.9. The van der Waals surface area contributed by atoms with E-state index >= 15 is 0 Å². The third-order valence-electron chi connectivity index (χ3n) is 2.95. The third kappa shape index (κ3) is 1.94. The van der Waals surface area contributed by atoms with Crippen LogP contribution >= 0.6 is 15.9 Å². The van der Waals surface area contributed by atoms with Gasteiger partial charge in [0.15, 0.2) is 5.78 Å². The van der Waals surface area contributed by atoms with Gasteiger partial charge in [-0.2, -0.15) is 0 Å². The average Bonchev–Trinajstić information content (AvgIpc) is 2.92. The Morgan fingerprint density at radius 2 is 1.89 bits per heavy atom. The Kier molecular flexibility index (Phi) is 2.67. The van der Waals surface area contributed by atoms with Gasteiger partial charge >= 0.3 is 5.69 Å². The van der Waals surface area contributed by atoms with Crippen LogP contribution < -0.4 is 5.69 Å². The van der Waals surface area contributed by atoms with Crippen molar-refractivity contribution in [1.82, 2.24) is 9.97 Å². The Morgan fingerprint density at radius 3 is 2.53 bits per heavy atom. The van der Waals surface area contributed by atoms with E-state index in [9.17, 15) is 9.59 Å². The second-order valence-electron chi connectivity index (χ2n) is 4.18. The van der Waals surface area contributed by atoms with Crippen molar-refractivity contribution in [2.24, 2.45) is 0 Å². The molecule has 0 spiro atoms. The fourth-order valence-electron chi connectivity index (χ4n) is 2.00. The van der Waals surface area contributed by atoms with E-state index in [4.69, 9.17) is 4.42 Å². The van der Waals surface area contributed by atoms with Gasteiger partial charge in [0.25, 0.3) is 0 Å². The van der Waals surface area contributed by atoms with Gasteiger partial charge in [-0.25, -0.2) is 4.79 Å². The summed E-state index contributed by atoms with van der Waals surface area (Å²) < 4.78 is 5.76. The maximum absolute atomic E-state index is 12.4. The minimum absolute atomic E-state index is 0.151. The summed E-state index contributed by atoms with van der Waals surface area (Å²) >= 11 is 3.35. The molecule has 5 nitrogen and oxygen atoms in total. The summed E-state index contributed by atoms with van der Waals surface area (Å²) in [7, 11) is 0. The molecule has 0 radical (unpaired) electrons. The van der Waals surface area contributed by atoms with Gasteiger partial charge in [0.2, 0.25) is 0 Å². The number of benzene rings is 1. The van der Waals surface area contributed by atoms with Crippen LogP contribution in [0.25, 0.3) is 11.0 Å². The molecule has 2 aromatic heterocycles. The molecule has 3 rings (SSSR count).